The molecular weight excluding hydrogens is 398 g/mol. The summed E-state index contributed by atoms with van der Waals surface area (Å²) in [6.07, 6.45) is 4.88. The van der Waals surface area contributed by atoms with Crippen molar-refractivity contribution in [2.45, 2.75) is 56.5 Å². The maximum atomic E-state index is 13.3. The minimum Gasteiger partial charge on any atom is -0.396 e. The van der Waals surface area contributed by atoms with E-state index in [0.29, 0.717) is 32.5 Å². The number of amides is 3. The fraction of sp³-hybridized carbons (Fsp3) is 0.609. The van der Waals surface area contributed by atoms with E-state index < -0.39 is 11.8 Å². The number of rotatable bonds is 4. The Bertz CT molecular complexity index is 829. The van der Waals surface area contributed by atoms with E-state index in [0.717, 1.165) is 36.9 Å². The molecule has 8 nitrogen and oxygen atoms in total. The van der Waals surface area contributed by atoms with E-state index in [4.69, 9.17) is 4.74 Å². The van der Waals surface area contributed by atoms with E-state index in [1.807, 2.05) is 24.3 Å². The molecule has 3 aliphatic heterocycles. The highest BCUT2D eigenvalue weighted by Crippen LogP contribution is 2.39. The molecule has 3 unspecified atom stereocenters. The number of para-hydroxylation sites is 1. The molecule has 3 heterocycles. The summed E-state index contributed by atoms with van der Waals surface area (Å²) in [5.74, 6) is -1.09. The number of hydrogen-bond acceptors (Lipinski definition) is 5. The summed E-state index contributed by atoms with van der Waals surface area (Å²) in [7, 11) is 0. The molecule has 1 aromatic carbocycles. The molecule has 2 fully saturated rings. The lowest BCUT2D eigenvalue weighted by molar-refractivity contribution is -0.146. The predicted molar refractivity (Wildman–Crippen MR) is 115 cm³/mol. The Morgan fingerprint density at radius 1 is 1.16 bits per heavy atom. The monoisotopic (exact) mass is 429 g/mol. The van der Waals surface area contributed by atoms with Crippen LogP contribution in [0.1, 0.15) is 50.0 Å². The first-order valence-corrected chi connectivity index (χ1v) is 11.3. The van der Waals surface area contributed by atoms with Gasteiger partial charge in [-0.05, 0) is 37.3 Å². The summed E-state index contributed by atoms with van der Waals surface area (Å²) >= 11 is 0. The fourth-order valence-electron chi connectivity index (χ4n) is 5.10. The molecule has 31 heavy (non-hydrogen) atoms. The zero-order valence-electron chi connectivity index (χ0n) is 17.8. The van der Waals surface area contributed by atoms with Crippen molar-refractivity contribution in [3.63, 3.8) is 0 Å². The zero-order chi connectivity index (χ0) is 21.8. The minimum atomic E-state index is -0.510. The maximum absolute atomic E-state index is 13.3. The minimum absolute atomic E-state index is 0.00639. The molecule has 3 amide bonds. The second-order valence-corrected chi connectivity index (χ2v) is 8.70. The zero-order valence-corrected chi connectivity index (χ0v) is 17.8. The third-order valence-electron chi connectivity index (χ3n) is 6.59. The molecule has 0 saturated carbocycles. The van der Waals surface area contributed by atoms with Crippen molar-refractivity contribution >= 4 is 23.4 Å². The van der Waals surface area contributed by atoms with E-state index in [1.165, 1.54) is 0 Å². The topological polar surface area (TPSA) is 99.2 Å². The lowest BCUT2D eigenvalue weighted by Crippen LogP contribution is -2.49. The van der Waals surface area contributed by atoms with Gasteiger partial charge in [0.25, 0.3) is 0 Å². The molecule has 4 rings (SSSR count). The highest BCUT2D eigenvalue weighted by molar-refractivity contribution is 6.40. The van der Waals surface area contributed by atoms with Crippen LogP contribution in [0.3, 0.4) is 0 Å². The number of nitrogens with zero attached hydrogens (tertiary/aromatic N) is 2. The molecule has 0 radical (unpaired) electrons. The summed E-state index contributed by atoms with van der Waals surface area (Å²) in [5.41, 5.74) is 1.79. The van der Waals surface area contributed by atoms with Gasteiger partial charge in [-0.2, -0.15) is 0 Å². The van der Waals surface area contributed by atoms with Crippen LogP contribution in [-0.2, 0) is 19.1 Å². The van der Waals surface area contributed by atoms with Crippen LogP contribution in [-0.4, -0.2) is 72.7 Å². The van der Waals surface area contributed by atoms with Gasteiger partial charge in [0.05, 0.1) is 12.6 Å². The molecule has 2 saturated heterocycles. The summed E-state index contributed by atoms with van der Waals surface area (Å²) in [6.45, 7) is 1.51. The second-order valence-electron chi connectivity index (χ2n) is 8.70. The number of fused-ring (bicyclic) bond motifs is 1. The third kappa shape index (κ3) is 4.75. The van der Waals surface area contributed by atoms with Gasteiger partial charge in [0.15, 0.2) is 0 Å². The van der Waals surface area contributed by atoms with Crippen LogP contribution in [0.25, 0.3) is 0 Å². The number of aliphatic hydroxyl groups is 1. The predicted octanol–water partition coefficient (Wildman–Crippen LogP) is 1.18. The van der Waals surface area contributed by atoms with Crippen LogP contribution in [0.4, 0.5) is 5.69 Å². The van der Waals surface area contributed by atoms with Crippen molar-refractivity contribution in [3.05, 3.63) is 29.8 Å². The van der Waals surface area contributed by atoms with Gasteiger partial charge in [-0.3, -0.25) is 14.4 Å². The number of likely N-dealkylation sites (tertiary alicyclic amines) is 1. The lowest BCUT2D eigenvalue weighted by atomic mass is 9.94. The van der Waals surface area contributed by atoms with Gasteiger partial charge in [0.2, 0.25) is 5.91 Å². The molecule has 0 spiro atoms. The Hall–Kier alpha value is -2.45. The van der Waals surface area contributed by atoms with Crippen molar-refractivity contribution in [1.29, 1.82) is 0 Å². The Kier molecular flexibility index (Phi) is 6.87. The summed E-state index contributed by atoms with van der Waals surface area (Å²) in [4.78, 5) is 41.5. The van der Waals surface area contributed by atoms with Gasteiger partial charge >= 0.3 is 11.8 Å². The Balaban J connectivity index is 1.51. The SMILES string of the molecule is O=C1COCC(CC2CN(C(=O)C(=O)N3CCCCCC3CCO)c3ccccc32)N1. The Labute approximate surface area is 182 Å². The molecule has 3 aliphatic rings. The molecule has 0 bridgehead atoms. The van der Waals surface area contributed by atoms with Gasteiger partial charge in [0, 0.05) is 37.3 Å². The molecule has 0 aliphatic carbocycles. The van der Waals surface area contributed by atoms with Crippen molar-refractivity contribution < 1.29 is 24.2 Å². The largest absolute Gasteiger partial charge is 0.396 e. The normalized spacial score (nSPS) is 26.2. The van der Waals surface area contributed by atoms with Crippen LogP contribution in [0.2, 0.25) is 0 Å². The number of benzene rings is 1. The molecule has 1 aromatic rings. The summed E-state index contributed by atoms with van der Waals surface area (Å²) < 4.78 is 5.36. The second kappa shape index (κ2) is 9.78. The summed E-state index contributed by atoms with van der Waals surface area (Å²) in [6, 6.07) is 7.48. The highest BCUT2D eigenvalue weighted by atomic mass is 16.5. The molecule has 168 valence electrons. The average Bonchev–Trinajstić information content (AvgIpc) is 2.96. The smallest absolute Gasteiger partial charge is 0.316 e. The van der Waals surface area contributed by atoms with Gasteiger partial charge in [-0.15, -0.1) is 0 Å². The molecule has 0 aromatic heterocycles. The first-order chi connectivity index (χ1) is 15.1. The van der Waals surface area contributed by atoms with Crippen molar-refractivity contribution in [1.82, 2.24) is 10.2 Å². The van der Waals surface area contributed by atoms with E-state index >= 15 is 0 Å². The number of hydrogen-bond donors (Lipinski definition) is 2. The highest BCUT2D eigenvalue weighted by Gasteiger charge is 2.39. The molecule has 3 atom stereocenters. The number of aliphatic hydroxyl groups excluding tert-OH is 1. The van der Waals surface area contributed by atoms with Crippen molar-refractivity contribution in [2.24, 2.45) is 0 Å². The Morgan fingerprint density at radius 2 is 2.00 bits per heavy atom. The first-order valence-electron chi connectivity index (χ1n) is 11.3. The first kappa shape index (κ1) is 21.8. The maximum Gasteiger partial charge on any atom is 0.316 e. The molecular formula is C23H31N3O5. The van der Waals surface area contributed by atoms with E-state index in [1.54, 1.807) is 9.80 Å². The number of morpholine rings is 1. The van der Waals surface area contributed by atoms with Gasteiger partial charge in [-0.25, -0.2) is 0 Å². The number of ether oxygens (including phenoxy) is 1. The third-order valence-corrected chi connectivity index (χ3v) is 6.59. The van der Waals surface area contributed by atoms with Crippen molar-refractivity contribution in [3.8, 4) is 0 Å². The van der Waals surface area contributed by atoms with E-state index in [-0.39, 0.29) is 37.1 Å². The van der Waals surface area contributed by atoms with Crippen LogP contribution in [0.15, 0.2) is 24.3 Å². The summed E-state index contributed by atoms with van der Waals surface area (Å²) in [5, 5.41) is 12.4. The molecule has 2 N–H and O–H groups in total. The van der Waals surface area contributed by atoms with Gasteiger partial charge < -0.3 is 25.0 Å². The fourth-order valence-corrected chi connectivity index (χ4v) is 5.10. The lowest BCUT2D eigenvalue weighted by Gasteiger charge is -2.31. The van der Waals surface area contributed by atoms with Crippen LogP contribution in [0.5, 0.6) is 0 Å². The Morgan fingerprint density at radius 3 is 2.81 bits per heavy atom. The standard InChI is InChI=1S/C23H31N3O5/c27-11-9-18-6-2-1-5-10-25(18)22(29)23(30)26-13-16(19-7-3-4-8-20(19)26)12-17-14-31-15-21(28)24-17/h3-4,7-8,16-18,27H,1-2,5-6,9-15H2,(H,24,28). The number of carbonyl (C=O) groups is 3. The number of anilines is 1. The van der Waals surface area contributed by atoms with Gasteiger partial charge in [0.1, 0.15) is 6.61 Å². The van der Waals surface area contributed by atoms with Crippen molar-refractivity contribution in [2.75, 3.05) is 37.8 Å². The number of nitrogens with one attached hydrogen (secondary N) is 1. The average molecular weight is 430 g/mol. The molecule has 8 heteroatoms. The van der Waals surface area contributed by atoms with Gasteiger partial charge in [-0.1, -0.05) is 31.0 Å². The van der Waals surface area contributed by atoms with E-state index in [2.05, 4.69) is 5.32 Å². The van der Waals surface area contributed by atoms with Crippen LogP contribution in [0, 0.1) is 0 Å². The van der Waals surface area contributed by atoms with Crippen LogP contribution >= 0.6 is 0 Å². The van der Waals surface area contributed by atoms with Crippen LogP contribution < -0.4 is 10.2 Å². The quantitative estimate of drug-likeness (QED) is 0.700. The number of carbonyl (C=O) groups excluding carboxylic acids is 3. The van der Waals surface area contributed by atoms with E-state index in [9.17, 15) is 19.5 Å².